The highest BCUT2D eigenvalue weighted by molar-refractivity contribution is 6.33. The minimum atomic E-state index is -0.275. The van der Waals surface area contributed by atoms with Crippen LogP contribution in [0.3, 0.4) is 0 Å². The van der Waals surface area contributed by atoms with Crippen molar-refractivity contribution in [3.8, 4) is 0 Å². The number of nitrogens with one attached hydrogen (secondary N) is 1. The van der Waals surface area contributed by atoms with Crippen LogP contribution in [0.1, 0.15) is 11.3 Å². The zero-order chi connectivity index (χ0) is 17.1. The van der Waals surface area contributed by atoms with Crippen molar-refractivity contribution in [3.05, 3.63) is 70.3 Å². The molecule has 7 nitrogen and oxygen atoms in total. The molecule has 1 aromatic heterocycles. The van der Waals surface area contributed by atoms with Gasteiger partial charge in [-0.15, -0.1) is 5.10 Å². The summed E-state index contributed by atoms with van der Waals surface area (Å²) in [5.74, 6) is -0.0862. The predicted octanol–water partition coefficient (Wildman–Crippen LogP) is 2.15. The molecule has 0 spiro atoms. The lowest BCUT2D eigenvalue weighted by Gasteiger charge is -2.06. The van der Waals surface area contributed by atoms with Crippen molar-refractivity contribution in [3.63, 3.8) is 0 Å². The molecule has 3 rings (SSSR count). The molecule has 0 atom stereocenters. The van der Waals surface area contributed by atoms with Crippen molar-refractivity contribution in [2.24, 2.45) is 15.9 Å². The summed E-state index contributed by atoms with van der Waals surface area (Å²) < 4.78 is 0.706. The Hall–Kier alpha value is -3.19. The summed E-state index contributed by atoms with van der Waals surface area (Å²) >= 11 is 6.02. The zero-order valence-electron chi connectivity index (χ0n) is 12.4. The molecular formula is C16H13ClN6O. The van der Waals surface area contributed by atoms with Gasteiger partial charge in [0.15, 0.2) is 17.0 Å². The van der Waals surface area contributed by atoms with E-state index >= 15 is 0 Å². The molecule has 0 saturated carbocycles. The second-order valence-electron chi connectivity index (χ2n) is 4.86. The van der Waals surface area contributed by atoms with Crippen LogP contribution < -0.4 is 11.2 Å². The fraction of sp³-hybridized carbons (Fsp3) is 0. The number of hydrogen-bond donors (Lipinski definition) is 3. The van der Waals surface area contributed by atoms with E-state index in [0.29, 0.717) is 26.3 Å². The van der Waals surface area contributed by atoms with Gasteiger partial charge >= 0.3 is 0 Å². The summed E-state index contributed by atoms with van der Waals surface area (Å²) in [6.07, 6.45) is 1.45. The van der Waals surface area contributed by atoms with E-state index in [0.717, 1.165) is 0 Å². The average molecular weight is 341 g/mol. The number of halogens is 1. The topological polar surface area (TPSA) is 113 Å². The molecule has 24 heavy (non-hydrogen) atoms. The number of para-hydroxylation sites is 2. The van der Waals surface area contributed by atoms with E-state index in [9.17, 15) is 5.21 Å². The van der Waals surface area contributed by atoms with Crippen LogP contribution >= 0.6 is 11.6 Å². The summed E-state index contributed by atoms with van der Waals surface area (Å²) in [5.41, 5.74) is 7.19. The average Bonchev–Trinajstić information content (AvgIpc) is 2.59. The molecule has 120 valence electrons. The third kappa shape index (κ3) is 2.97. The molecule has 0 saturated heterocycles. The van der Waals surface area contributed by atoms with Crippen molar-refractivity contribution < 1.29 is 5.21 Å². The Bertz CT molecular complexity index is 1020. The fourth-order valence-corrected chi connectivity index (χ4v) is 2.28. The van der Waals surface area contributed by atoms with E-state index in [1.54, 1.807) is 36.4 Å². The smallest absolute Gasteiger partial charge is 0.191 e. The van der Waals surface area contributed by atoms with E-state index in [4.69, 9.17) is 22.7 Å². The lowest BCUT2D eigenvalue weighted by molar-refractivity contribution is 0.183. The highest BCUT2D eigenvalue weighted by atomic mass is 35.5. The van der Waals surface area contributed by atoms with Crippen molar-refractivity contribution >= 4 is 34.7 Å². The van der Waals surface area contributed by atoms with Gasteiger partial charge in [0.05, 0.1) is 11.7 Å². The van der Waals surface area contributed by atoms with E-state index in [1.807, 2.05) is 12.1 Å². The van der Waals surface area contributed by atoms with Crippen LogP contribution in [-0.2, 0) is 0 Å². The number of amidine groups is 1. The lowest BCUT2D eigenvalue weighted by atomic mass is 10.2. The highest BCUT2D eigenvalue weighted by Crippen LogP contribution is 2.12. The van der Waals surface area contributed by atoms with Crippen LogP contribution in [0.4, 0.5) is 0 Å². The number of nitrogens with two attached hydrogens (primary N) is 1. The number of benzene rings is 2. The van der Waals surface area contributed by atoms with Gasteiger partial charge < -0.3 is 10.9 Å². The lowest BCUT2D eigenvalue weighted by Crippen LogP contribution is -2.31. The molecule has 0 aliphatic heterocycles. The second-order valence-corrected chi connectivity index (χ2v) is 5.27. The Morgan fingerprint density at radius 3 is 2.71 bits per heavy atom. The Balaban J connectivity index is 1.99. The molecule has 0 aliphatic rings. The Morgan fingerprint density at radius 1 is 1.21 bits per heavy atom. The van der Waals surface area contributed by atoms with Crippen LogP contribution in [0.5, 0.6) is 0 Å². The SMILES string of the molecule is N=c1c(/C(N)=N/N=C/c2ccccc2Cl)nc2ccccc2n1O. The minimum Gasteiger partial charge on any atom is -0.426 e. The van der Waals surface area contributed by atoms with E-state index in [2.05, 4.69) is 15.2 Å². The molecule has 0 radical (unpaired) electrons. The standard InChI is InChI=1S/C16H13ClN6O/c17-11-6-2-1-5-10(11)9-20-22-15(18)14-16(19)23(24)13-8-4-3-7-12(13)21-14/h1-9,19,24H,(H2,18,22)/b19-16?,20-9+. The third-order valence-electron chi connectivity index (χ3n) is 3.29. The Labute approximate surface area is 141 Å². The summed E-state index contributed by atoms with van der Waals surface area (Å²) in [6, 6.07) is 14.0. The van der Waals surface area contributed by atoms with Gasteiger partial charge in [0.25, 0.3) is 0 Å². The molecule has 0 fully saturated rings. The van der Waals surface area contributed by atoms with Crippen molar-refractivity contribution in [2.75, 3.05) is 0 Å². The van der Waals surface area contributed by atoms with Gasteiger partial charge in [-0.1, -0.05) is 41.9 Å². The maximum absolute atomic E-state index is 10.1. The van der Waals surface area contributed by atoms with Gasteiger partial charge in [0.1, 0.15) is 5.52 Å². The van der Waals surface area contributed by atoms with Gasteiger partial charge in [-0.25, -0.2) is 4.98 Å². The van der Waals surface area contributed by atoms with Gasteiger partial charge in [0, 0.05) is 10.6 Å². The second kappa shape index (κ2) is 6.51. The van der Waals surface area contributed by atoms with E-state index in [1.165, 1.54) is 6.21 Å². The molecule has 0 unspecified atom stereocenters. The fourth-order valence-electron chi connectivity index (χ4n) is 2.09. The van der Waals surface area contributed by atoms with Gasteiger partial charge in [0.2, 0.25) is 0 Å². The largest absolute Gasteiger partial charge is 0.426 e. The number of aromatic nitrogens is 2. The quantitative estimate of drug-likeness (QED) is 0.294. The normalized spacial score (nSPS) is 12.1. The van der Waals surface area contributed by atoms with Gasteiger partial charge in [-0.05, 0) is 18.2 Å². The van der Waals surface area contributed by atoms with Crippen LogP contribution in [-0.4, -0.2) is 27.0 Å². The zero-order valence-corrected chi connectivity index (χ0v) is 13.1. The van der Waals surface area contributed by atoms with E-state index < -0.39 is 0 Å². The first-order valence-electron chi connectivity index (χ1n) is 6.95. The number of fused-ring (bicyclic) bond motifs is 1. The monoisotopic (exact) mass is 340 g/mol. The van der Waals surface area contributed by atoms with Crippen LogP contribution in [0.25, 0.3) is 11.0 Å². The minimum absolute atomic E-state index is 0.0347. The van der Waals surface area contributed by atoms with Gasteiger partial charge in [-0.3, -0.25) is 5.41 Å². The molecule has 1 heterocycles. The first kappa shape index (κ1) is 15.7. The number of nitrogens with zero attached hydrogens (tertiary/aromatic N) is 4. The van der Waals surface area contributed by atoms with Gasteiger partial charge in [-0.2, -0.15) is 9.83 Å². The molecular weight excluding hydrogens is 328 g/mol. The number of hydrogen-bond acceptors (Lipinski definition) is 5. The molecule has 0 amide bonds. The summed E-state index contributed by atoms with van der Waals surface area (Å²) in [5, 5.41) is 26.3. The molecule has 0 aliphatic carbocycles. The molecule has 0 bridgehead atoms. The number of rotatable bonds is 3. The Kier molecular flexibility index (Phi) is 4.26. The maximum atomic E-state index is 10.1. The third-order valence-corrected chi connectivity index (χ3v) is 3.63. The summed E-state index contributed by atoms with van der Waals surface area (Å²) in [7, 11) is 0. The van der Waals surface area contributed by atoms with Crippen LogP contribution in [0, 0.1) is 5.41 Å². The molecule has 2 aromatic carbocycles. The highest BCUT2D eigenvalue weighted by Gasteiger charge is 2.10. The van der Waals surface area contributed by atoms with Crippen LogP contribution in [0.2, 0.25) is 5.02 Å². The van der Waals surface area contributed by atoms with Crippen molar-refractivity contribution in [2.45, 2.75) is 0 Å². The Morgan fingerprint density at radius 2 is 1.92 bits per heavy atom. The summed E-state index contributed by atoms with van der Waals surface area (Å²) in [6.45, 7) is 0. The maximum Gasteiger partial charge on any atom is 0.191 e. The molecule has 8 heteroatoms. The molecule has 3 aromatic rings. The van der Waals surface area contributed by atoms with E-state index in [-0.39, 0.29) is 17.0 Å². The van der Waals surface area contributed by atoms with Crippen molar-refractivity contribution in [1.82, 2.24) is 9.71 Å². The molecule has 4 N–H and O–H groups in total. The predicted molar refractivity (Wildman–Crippen MR) is 92.5 cm³/mol. The van der Waals surface area contributed by atoms with Crippen molar-refractivity contribution in [1.29, 1.82) is 5.41 Å². The first-order valence-corrected chi connectivity index (χ1v) is 7.33. The van der Waals surface area contributed by atoms with Crippen LogP contribution in [0.15, 0.2) is 58.7 Å². The summed E-state index contributed by atoms with van der Waals surface area (Å²) in [4.78, 5) is 4.25. The first-order chi connectivity index (χ1) is 11.6.